The molecule has 0 radical (unpaired) electrons. The standard InChI is InChI=1S/C17H25FN2O/c1-21-16-5-2-4-15(18)14(16)12-20-11-3-6-17(13-20)7-9-19-10-8-17/h2,4-5,19H,3,6-13H2,1H3. The molecule has 2 aliphatic rings. The van der Waals surface area contributed by atoms with Crippen LogP contribution in [-0.2, 0) is 6.54 Å². The van der Waals surface area contributed by atoms with Crippen LogP contribution in [-0.4, -0.2) is 38.2 Å². The van der Waals surface area contributed by atoms with Crippen LogP contribution in [0, 0.1) is 11.2 Å². The monoisotopic (exact) mass is 292 g/mol. The number of nitrogens with zero attached hydrogens (tertiary/aromatic N) is 1. The van der Waals surface area contributed by atoms with E-state index in [0.29, 0.717) is 23.3 Å². The third-order valence-electron chi connectivity index (χ3n) is 5.08. The van der Waals surface area contributed by atoms with Gasteiger partial charge in [-0.1, -0.05) is 6.07 Å². The molecule has 2 saturated heterocycles. The van der Waals surface area contributed by atoms with Gasteiger partial charge in [0.25, 0.3) is 0 Å². The Labute approximate surface area is 126 Å². The first-order valence-corrected chi connectivity index (χ1v) is 7.97. The first-order valence-electron chi connectivity index (χ1n) is 7.97. The lowest BCUT2D eigenvalue weighted by Crippen LogP contribution is -2.48. The average molecular weight is 292 g/mol. The van der Waals surface area contributed by atoms with E-state index in [0.717, 1.165) is 26.2 Å². The summed E-state index contributed by atoms with van der Waals surface area (Å²) in [6.45, 7) is 5.05. The van der Waals surface area contributed by atoms with E-state index in [1.165, 1.54) is 31.7 Å². The van der Waals surface area contributed by atoms with Gasteiger partial charge >= 0.3 is 0 Å². The van der Waals surface area contributed by atoms with E-state index in [4.69, 9.17) is 4.74 Å². The summed E-state index contributed by atoms with van der Waals surface area (Å²) in [5.74, 6) is 0.513. The van der Waals surface area contributed by atoms with Crippen molar-refractivity contribution in [2.24, 2.45) is 5.41 Å². The summed E-state index contributed by atoms with van der Waals surface area (Å²) < 4.78 is 19.4. The van der Waals surface area contributed by atoms with Crippen LogP contribution in [0.3, 0.4) is 0 Å². The van der Waals surface area contributed by atoms with Gasteiger partial charge in [-0.3, -0.25) is 4.90 Å². The molecule has 2 heterocycles. The van der Waals surface area contributed by atoms with E-state index in [9.17, 15) is 4.39 Å². The molecule has 3 rings (SSSR count). The molecule has 0 aliphatic carbocycles. The van der Waals surface area contributed by atoms with Crippen LogP contribution in [0.25, 0.3) is 0 Å². The highest BCUT2D eigenvalue weighted by Crippen LogP contribution is 2.39. The minimum atomic E-state index is -0.153. The van der Waals surface area contributed by atoms with Crippen molar-refractivity contribution in [1.82, 2.24) is 10.2 Å². The lowest BCUT2D eigenvalue weighted by atomic mass is 9.73. The van der Waals surface area contributed by atoms with Gasteiger partial charge in [-0.15, -0.1) is 0 Å². The highest BCUT2D eigenvalue weighted by Gasteiger charge is 2.36. The number of methoxy groups -OCH3 is 1. The van der Waals surface area contributed by atoms with Crippen molar-refractivity contribution in [2.75, 3.05) is 33.3 Å². The zero-order valence-electron chi connectivity index (χ0n) is 12.8. The summed E-state index contributed by atoms with van der Waals surface area (Å²) in [7, 11) is 1.61. The Morgan fingerprint density at radius 3 is 2.86 bits per heavy atom. The number of hydrogen-bond acceptors (Lipinski definition) is 3. The van der Waals surface area contributed by atoms with Crippen molar-refractivity contribution in [2.45, 2.75) is 32.2 Å². The molecule has 0 atom stereocenters. The Morgan fingerprint density at radius 2 is 2.10 bits per heavy atom. The number of ether oxygens (including phenoxy) is 1. The molecule has 1 aromatic rings. The van der Waals surface area contributed by atoms with Crippen molar-refractivity contribution >= 4 is 0 Å². The summed E-state index contributed by atoms with van der Waals surface area (Å²) in [6.07, 6.45) is 5.03. The second kappa shape index (κ2) is 6.32. The van der Waals surface area contributed by atoms with Gasteiger partial charge in [0.2, 0.25) is 0 Å². The molecule has 1 N–H and O–H groups in total. The van der Waals surface area contributed by atoms with Crippen molar-refractivity contribution in [1.29, 1.82) is 0 Å². The molecule has 1 aromatic carbocycles. The Morgan fingerprint density at radius 1 is 1.29 bits per heavy atom. The number of benzene rings is 1. The summed E-state index contributed by atoms with van der Waals surface area (Å²) >= 11 is 0. The molecule has 2 aliphatic heterocycles. The molecule has 0 bridgehead atoms. The number of likely N-dealkylation sites (tertiary alicyclic amines) is 1. The van der Waals surface area contributed by atoms with Crippen LogP contribution in [0.5, 0.6) is 5.75 Å². The van der Waals surface area contributed by atoms with Gasteiger partial charge in [-0.25, -0.2) is 4.39 Å². The highest BCUT2D eigenvalue weighted by molar-refractivity contribution is 5.34. The fourth-order valence-electron chi connectivity index (χ4n) is 3.92. The number of halogens is 1. The van der Waals surface area contributed by atoms with Gasteiger partial charge in [-0.05, 0) is 62.9 Å². The van der Waals surface area contributed by atoms with Gasteiger partial charge in [0, 0.05) is 18.7 Å². The van der Waals surface area contributed by atoms with Gasteiger partial charge in [0.05, 0.1) is 7.11 Å². The van der Waals surface area contributed by atoms with Crippen LogP contribution in [0.2, 0.25) is 0 Å². The maximum atomic E-state index is 14.1. The summed E-state index contributed by atoms with van der Waals surface area (Å²) in [5.41, 5.74) is 1.15. The number of hydrogen-bond donors (Lipinski definition) is 1. The van der Waals surface area contributed by atoms with Crippen LogP contribution in [0.15, 0.2) is 18.2 Å². The van der Waals surface area contributed by atoms with Gasteiger partial charge in [0.15, 0.2) is 0 Å². The predicted molar refractivity (Wildman–Crippen MR) is 82.0 cm³/mol. The molecule has 2 fully saturated rings. The first-order chi connectivity index (χ1) is 10.2. The SMILES string of the molecule is COc1cccc(F)c1CN1CCCC2(CCNCC2)C1. The summed E-state index contributed by atoms with van der Waals surface area (Å²) in [5, 5.41) is 3.45. The maximum absolute atomic E-state index is 14.1. The normalized spacial score (nSPS) is 22.4. The molecule has 1 spiro atoms. The molecule has 116 valence electrons. The lowest BCUT2D eigenvalue weighted by Gasteiger charge is -2.45. The predicted octanol–water partition coefficient (Wildman–Crippen LogP) is 2.80. The molecular formula is C17H25FN2O. The fraction of sp³-hybridized carbons (Fsp3) is 0.647. The van der Waals surface area contributed by atoms with Gasteiger partial charge in [-0.2, -0.15) is 0 Å². The second-order valence-electron chi connectivity index (χ2n) is 6.48. The van der Waals surface area contributed by atoms with Crippen LogP contribution in [0.4, 0.5) is 4.39 Å². The maximum Gasteiger partial charge on any atom is 0.131 e. The molecule has 0 aromatic heterocycles. The van der Waals surface area contributed by atoms with E-state index < -0.39 is 0 Å². The van der Waals surface area contributed by atoms with E-state index in [1.54, 1.807) is 13.2 Å². The molecular weight excluding hydrogens is 267 g/mol. The Bertz CT molecular complexity index is 480. The molecule has 3 nitrogen and oxygen atoms in total. The molecule has 21 heavy (non-hydrogen) atoms. The zero-order chi connectivity index (χ0) is 14.7. The number of piperidine rings is 2. The minimum Gasteiger partial charge on any atom is -0.496 e. The van der Waals surface area contributed by atoms with E-state index in [2.05, 4.69) is 10.2 Å². The van der Waals surface area contributed by atoms with Crippen molar-refractivity contribution < 1.29 is 9.13 Å². The Balaban J connectivity index is 1.73. The van der Waals surface area contributed by atoms with E-state index >= 15 is 0 Å². The fourth-order valence-corrected chi connectivity index (χ4v) is 3.92. The molecule has 0 amide bonds. The van der Waals surface area contributed by atoms with Gasteiger partial charge < -0.3 is 10.1 Å². The quantitative estimate of drug-likeness (QED) is 0.927. The summed E-state index contributed by atoms with van der Waals surface area (Å²) in [6, 6.07) is 5.09. The average Bonchev–Trinajstić information content (AvgIpc) is 2.50. The molecule has 4 heteroatoms. The molecule has 0 unspecified atom stereocenters. The van der Waals surface area contributed by atoms with Crippen molar-refractivity contribution in [3.63, 3.8) is 0 Å². The molecule has 0 saturated carbocycles. The Hall–Kier alpha value is -1.13. The third-order valence-corrected chi connectivity index (χ3v) is 5.08. The second-order valence-corrected chi connectivity index (χ2v) is 6.48. The van der Waals surface area contributed by atoms with E-state index in [-0.39, 0.29) is 5.82 Å². The largest absolute Gasteiger partial charge is 0.496 e. The number of rotatable bonds is 3. The van der Waals surface area contributed by atoms with Gasteiger partial charge in [0.1, 0.15) is 11.6 Å². The van der Waals surface area contributed by atoms with Crippen LogP contribution >= 0.6 is 0 Å². The smallest absolute Gasteiger partial charge is 0.131 e. The third kappa shape index (κ3) is 3.22. The van der Waals surface area contributed by atoms with Crippen molar-refractivity contribution in [3.05, 3.63) is 29.6 Å². The minimum absolute atomic E-state index is 0.153. The number of nitrogens with one attached hydrogen (secondary N) is 1. The summed E-state index contributed by atoms with van der Waals surface area (Å²) in [4.78, 5) is 2.41. The zero-order valence-corrected chi connectivity index (χ0v) is 12.8. The topological polar surface area (TPSA) is 24.5 Å². The van der Waals surface area contributed by atoms with E-state index in [1.807, 2.05) is 6.07 Å². The van der Waals surface area contributed by atoms with Crippen LogP contribution in [0.1, 0.15) is 31.2 Å². The highest BCUT2D eigenvalue weighted by atomic mass is 19.1. The first kappa shape index (κ1) is 14.8. The van der Waals surface area contributed by atoms with Crippen molar-refractivity contribution in [3.8, 4) is 5.75 Å². The lowest BCUT2D eigenvalue weighted by molar-refractivity contribution is 0.0541. The van der Waals surface area contributed by atoms with Crippen LogP contribution < -0.4 is 10.1 Å². The Kier molecular flexibility index (Phi) is 4.45.